The number of urea groups is 1. The summed E-state index contributed by atoms with van der Waals surface area (Å²) in [5.74, 6) is 0.112. The van der Waals surface area contributed by atoms with Crippen LogP contribution >= 0.6 is 0 Å². The van der Waals surface area contributed by atoms with Crippen LogP contribution in [0.1, 0.15) is 24.1 Å². The van der Waals surface area contributed by atoms with Crippen LogP contribution in [0.5, 0.6) is 5.75 Å². The number of benzene rings is 2. The lowest BCUT2D eigenvalue weighted by molar-refractivity contribution is -0.138. The van der Waals surface area contributed by atoms with Gasteiger partial charge in [-0.05, 0) is 18.6 Å². The minimum Gasteiger partial charge on any atom is -0.496 e. The first-order valence-electron chi connectivity index (χ1n) is 8.72. The number of nitrogens with one attached hydrogen (secondary N) is 1. The van der Waals surface area contributed by atoms with Crippen LogP contribution in [0.2, 0.25) is 0 Å². The average Bonchev–Trinajstić information content (AvgIpc) is 2.70. The monoisotopic (exact) mass is 366 g/mol. The fourth-order valence-electron chi connectivity index (χ4n) is 3.22. The summed E-state index contributed by atoms with van der Waals surface area (Å²) < 4.78 is 10.8. The Morgan fingerprint density at radius 1 is 1.11 bits per heavy atom. The second kappa shape index (κ2) is 7.95. The van der Waals surface area contributed by atoms with Gasteiger partial charge < -0.3 is 14.8 Å². The van der Waals surface area contributed by atoms with Crippen LogP contribution in [0.4, 0.5) is 4.79 Å². The molecule has 0 spiro atoms. The number of esters is 1. The predicted molar refractivity (Wildman–Crippen MR) is 102 cm³/mol. The van der Waals surface area contributed by atoms with Crippen molar-refractivity contribution in [1.29, 1.82) is 0 Å². The standard InChI is InChI=1S/C21H22N2O4/c1-4-27-20(24)17-18(15-12-8-9-13-16(15)26-3)22-21(25)23(2)19(17)14-10-6-5-7-11-14/h5-13,18H,4H2,1-3H3,(H,22,25)/t18-/m1/s1. The second-order valence-electron chi connectivity index (χ2n) is 6.03. The lowest BCUT2D eigenvalue weighted by Gasteiger charge is -2.35. The second-order valence-corrected chi connectivity index (χ2v) is 6.03. The van der Waals surface area contributed by atoms with Gasteiger partial charge in [0, 0.05) is 12.6 Å². The molecule has 6 heteroatoms. The van der Waals surface area contributed by atoms with Gasteiger partial charge in [-0.15, -0.1) is 0 Å². The van der Waals surface area contributed by atoms with Crippen molar-refractivity contribution in [2.45, 2.75) is 13.0 Å². The van der Waals surface area contributed by atoms with Gasteiger partial charge >= 0.3 is 12.0 Å². The number of amides is 2. The quantitative estimate of drug-likeness (QED) is 0.824. The first-order valence-corrected chi connectivity index (χ1v) is 8.72. The van der Waals surface area contributed by atoms with Crippen LogP contribution in [0.25, 0.3) is 5.70 Å². The Morgan fingerprint density at radius 3 is 2.44 bits per heavy atom. The van der Waals surface area contributed by atoms with Gasteiger partial charge in [-0.3, -0.25) is 4.90 Å². The zero-order chi connectivity index (χ0) is 19.4. The molecular weight excluding hydrogens is 344 g/mol. The number of ether oxygens (including phenoxy) is 2. The van der Waals surface area contributed by atoms with E-state index in [1.165, 1.54) is 4.90 Å². The molecule has 1 aliphatic rings. The van der Waals surface area contributed by atoms with Crippen LogP contribution in [0, 0.1) is 0 Å². The summed E-state index contributed by atoms with van der Waals surface area (Å²) in [6.07, 6.45) is 0. The maximum absolute atomic E-state index is 12.9. The molecule has 0 unspecified atom stereocenters. The first kappa shape index (κ1) is 18.5. The van der Waals surface area contributed by atoms with E-state index < -0.39 is 12.0 Å². The molecule has 1 heterocycles. The molecule has 0 fully saturated rings. The number of rotatable bonds is 5. The molecule has 1 aliphatic heterocycles. The molecule has 0 bridgehead atoms. The predicted octanol–water partition coefficient (Wildman–Crippen LogP) is 3.37. The molecule has 0 aromatic heterocycles. The zero-order valence-corrected chi connectivity index (χ0v) is 15.6. The molecular formula is C21H22N2O4. The molecule has 3 rings (SSSR count). The molecule has 2 aromatic carbocycles. The number of methoxy groups -OCH3 is 1. The number of hydrogen-bond acceptors (Lipinski definition) is 4. The number of carbonyl (C=O) groups is 2. The largest absolute Gasteiger partial charge is 0.496 e. The summed E-state index contributed by atoms with van der Waals surface area (Å²) >= 11 is 0. The van der Waals surface area contributed by atoms with E-state index in [9.17, 15) is 9.59 Å². The number of carbonyl (C=O) groups excluding carboxylic acids is 2. The maximum atomic E-state index is 12.9. The number of nitrogens with zero attached hydrogens (tertiary/aromatic N) is 1. The summed E-state index contributed by atoms with van der Waals surface area (Å²) in [5.41, 5.74) is 2.35. The van der Waals surface area contributed by atoms with Gasteiger partial charge in [-0.2, -0.15) is 0 Å². The molecule has 2 aromatic rings. The van der Waals surface area contributed by atoms with Gasteiger partial charge in [0.1, 0.15) is 5.75 Å². The minimum absolute atomic E-state index is 0.237. The SMILES string of the molecule is CCOC(=O)C1=C(c2ccccc2)N(C)C(=O)N[C@@H]1c1ccccc1OC. The molecule has 0 aliphatic carbocycles. The van der Waals surface area contributed by atoms with Gasteiger partial charge in [-0.1, -0.05) is 48.5 Å². The molecule has 1 N–H and O–H groups in total. The van der Waals surface area contributed by atoms with E-state index >= 15 is 0 Å². The average molecular weight is 366 g/mol. The molecule has 27 heavy (non-hydrogen) atoms. The maximum Gasteiger partial charge on any atom is 0.338 e. The molecule has 2 amide bonds. The van der Waals surface area contributed by atoms with Crippen LogP contribution in [-0.4, -0.2) is 37.7 Å². The fraction of sp³-hybridized carbons (Fsp3) is 0.238. The summed E-state index contributed by atoms with van der Waals surface area (Å²) in [7, 11) is 3.19. The Hall–Kier alpha value is -3.28. The van der Waals surface area contributed by atoms with Crippen LogP contribution in [0.3, 0.4) is 0 Å². The summed E-state index contributed by atoms with van der Waals surface area (Å²) in [4.78, 5) is 27.0. The van der Waals surface area contributed by atoms with Gasteiger partial charge in [0.05, 0.1) is 31.0 Å². The van der Waals surface area contributed by atoms with Crippen molar-refractivity contribution in [2.24, 2.45) is 0 Å². The van der Waals surface area contributed by atoms with E-state index in [2.05, 4.69) is 5.32 Å². The molecule has 0 saturated heterocycles. The van der Waals surface area contributed by atoms with E-state index in [1.54, 1.807) is 27.1 Å². The molecule has 140 valence electrons. The van der Waals surface area contributed by atoms with Crippen molar-refractivity contribution >= 4 is 17.7 Å². The van der Waals surface area contributed by atoms with Crippen LogP contribution in [-0.2, 0) is 9.53 Å². The molecule has 6 nitrogen and oxygen atoms in total. The summed E-state index contributed by atoms with van der Waals surface area (Å²) in [6.45, 7) is 1.99. The molecule has 0 radical (unpaired) electrons. The number of hydrogen-bond donors (Lipinski definition) is 1. The van der Waals surface area contributed by atoms with Crippen LogP contribution in [0.15, 0.2) is 60.2 Å². The highest BCUT2D eigenvalue weighted by Crippen LogP contribution is 2.38. The topological polar surface area (TPSA) is 67.9 Å². The Labute approximate surface area is 158 Å². The third-order valence-electron chi connectivity index (χ3n) is 4.44. The normalized spacial score (nSPS) is 16.8. The van der Waals surface area contributed by atoms with Crippen molar-refractivity contribution < 1.29 is 19.1 Å². The van der Waals surface area contributed by atoms with E-state index in [4.69, 9.17) is 9.47 Å². The third kappa shape index (κ3) is 3.51. The Kier molecular flexibility index (Phi) is 5.45. The molecule has 0 saturated carbocycles. The smallest absolute Gasteiger partial charge is 0.338 e. The highest BCUT2D eigenvalue weighted by Gasteiger charge is 2.38. The minimum atomic E-state index is -0.681. The third-order valence-corrected chi connectivity index (χ3v) is 4.44. The van der Waals surface area contributed by atoms with Gasteiger partial charge in [0.15, 0.2) is 0 Å². The zero-order valence-electron chi connectivity index (χ0n) is 15.6. The Morgan fingerprint density at radius 2 is 1.78 bits per heavy atom. The van der Waals surface area contributed by atoms with Gasteiger partial charge in [-0.25, -0.2) is 9.59 Å². The van der Waals surface area contributed by atoms with Gasteiger partial charge in [0.2, 0.25) is 0 Å². The van der Waals surface area contributed by atoms with E-state index in [0.717, 1.165) is 5.56 Å². The van der Waals surface area contributed by atoms with E-state index in [-0.39, 0.29) is 12.6 Å². The molecule has 1 atom stereocenters. The van der Waals surface area contributed by atoms with Crippen molar-refractivity contribution in [3.63, 3.8) is 0 Å². The van der Waals surface area contributed by atoms with E-state index in [1.807, 2.05) is 48.5 Å². The Balaban J connectivity index is 2.27. The van der Waals surface area contributed by atoms with Crippen molar-refractivity contribution in [3.05, 3.63) is 71.3 Å². The fourth-order valence-corrected chi connectivity index (χ4v) is 3.22. The van der Waals surface area contributed by atoms with E-state index in [0.29, 0.717) is 22.6 Å². The van der Waals surface area contributed by atoms with Crippen molar-refractivity contribution in [3.8, 4) is 5.75 Å². The highest BCUT2D eigenvalue weighted by molar-refractivity contribution is 6.04. The highest BCUT2D eigenvalue weighted by atomic mass is 16.5. The van der Waals surface area contributed by atoms with Crippen molar-refractivity contribution in [2.75, 3.05) is 20.8 Å². The first-order chi connectivity index (χ1) is 13.1. The summed E-state index contributed by atoms with van der Waals surface area (Å²) in [6, 6.07) is 15.7. The number of para-hydroxylation sites is 1. The van der Waals surface area contributed by atoms with Crippen LogP contribution < -0.4 is 10.1 Å². The van der Waals surface area contributed by atoms with Crippen molar-refractivity contribution in [1.82, 2.24) is 10.2 Å². The Bertz CT molecular complexity index is 877. The summed E-state index contributed by atoms with van der Waals surface area (Å²) in [5, 5.41) is 2.89. The lowest BCUT2D eigenvalue weighted by atomic mass is 9.91. The lowest BCUT2D eigenvalue weighted by Crippen LogP contribution is -2.46. The van der Waals surface area contributed by atoms with Gasteiger partial charge in [0.25, 0.3) is 0 Å².